The van der Waals surface area contributed by atoms with Crippen LogP contribution in [0.5, 0.6) is 5.75 Å². The molecular weight excluding hydrogens is 330 g/mol. The highest BCUT2D eigenvalue weighted by molar-refractivity contribution is 5.94. The number of ether oxygens (including phenoxy) is 2. The number of nitrogens with one attached hydrogen (secondary N) is 1. The zero-order chi connectivity index (χ0) is 18.9. The second kappa shape index (κ2) is 9.42. The highest BCUT2D eigenvalue weighted by Crippen LogP contribution is 2.14. The van der Waals surface area contributed by atoms with E-state index in [2.05, 4.69) is 5.32 Å². The first kappa shape index (κ1) is 19.2. The van der Waals surface area contributed by atoms with Gasteiger partial charge in [-0.2, -0.15) is 0 Å². The maximum Gasteiger partial charge on any atom is 0.331 e. The molecule has 1 N–H and O–H groups in total. The van der Waals surface area contributed by atoms with E-state index in [-0.39, 0.29) is 12.5 Å². The molecule has 0 fully saturated rings. The fourth-order valence-corrected chi connectivity index (χ4v) is 2.21. The Morgan fingerprint density at radius 1 is 1.04 bits per heavy atom. The molecule has 0 saturated carbocycles. The lowest BCUT2D eigenvalue weighted by Gasteiger charge is -2.07. The number of rotatable bonds is 7. The molecule has 0 aliphatic heterocycles. The highest BCUT2D eigenvalue weighted by atomic mass is 16.5. The van der Waals surface area contributed by atoms with Crippen molar-refractivity contribution in [2.45, 2.75) is 20.8 Å². The number of hydrogen-bond acceptors (Lipinski definition) is 4. The number of carbonyl (C=O) groups is 2. The van der Waals surface area contributed by atoms with Crippen molar-refractivity contribution in [3.63, 3.8) is 0 Å². The van der Waals surface area contributed by atoms with E-state index in [0.717, 1.165) is 22.4 Å². The Labute approximate surface area is 153 Å². The molecule has 0 aromatic heterocycles. The summed E-state index contributed by atoms with van der Waals surface area (Å²) in [5, 5.41) is 2.70. The third kappa shape index (κ3) is 6.09. The molecule has 0 atom stereocenters. The van der Waals surface area contributed by atoms with E-state index in [9.17, 15) is 9.59 Å². The standard InChI is InChI=1S/C21H23NO4/c1-4-25-19-10-6-17(7-11-19)8-12-21(24)26-14-20(23)22-18-9-5-15(2)16(3)13-18/h5-13H,4,14H2,1-3H3,(H,22,23)/b12-8+. The van der Waals surface area contributed by atoms with Crippen LogP contribution in [0.3, 0.4) is 0 Å². The number of esters is 1. The topological polar surface area (TPSA) is 64.6 Å². The number of aryl methyl sites for hydroxylation is 2. The predicted molar refractivity (Wildman–Crippen MR) is 102 cm³/mol. The molecule has 5 nitrogen and oxygen atoms in total. The van der Waals surface area contributed by atoms with Crippen LogP contribution in [0.25, 0.3) is 6.08 Å². The number of amides is 1. The molecule has 136 valence electrons. The molecule has 5 heteroatoms. The minimum atomic E-state index is -0.575. The second-order valence-corrected chi connectivity index (χ2v) is 5.79. The lowest BCUT2D eigenvalue weighted by molar-refractivity contribution is -0.142. The van der Waals surface area contributed by atoms with E-state index >= 15 is 0 Å². The zero-order valence-corrected chi connectivity index (χ0v) is 15.2. The third-order valence-electron chi connectivity index (χ3n) is 3.74. The minimum absolute atomic E-state index is 0.334. The van der Waals surface area contributed by atoms with Crippen LogP contribution in [0.1, 0.15) is 23.6 Å². The number of carbonyl (C=O) groups excluding carboxylic acids is 2. The molecule has 0 heterocycles. The van der Waals surface area contributed by atoms with Crippen molar-refractivity contribution < 1.29 is 19.1 Å². The normalized spacial score (nSPS) is 10.6. The van der Waals surface area contributed by atoms with Crippen molar-refractivity contribution in [1.29, 1.82) is 0 Å². The monoisotopic (exact) mass is 353 g/mol. The van der Waals surface area contributed by atoms with Crippen LogP contribution >= 0.6 is 0 Å². The van der Waals surface area contributed by atoms with E-state index < -0.39 is 5.97 Å². The van der Waals surface area contributed by atoms with Gasteiger partial charge < -0.3 is 14.8 Å². The van der Waals surface area contributed by atoms with Gasteiger partial charge in [-0.1, -0.05) is 18.2 Å². The summed E-state index contributed by atoms with van der Waals surface area (Å²) in [5.74, 6) is -0.180. The lowest BCUT2D eigenvalue weighted by atomic mass is 10.1. The van der Waals surface area contributed by atoms with Crippen molar-refractivity contribution in [2.24, 2.45) is 0 Å². The van der Waals surface area contributed by atoms with Gasteiger partial charge in [-0.25, -0.2) is 4.79 Å². The Bertz CT molecular complexity index is 794. The summed E-state index contributed by atoms with van der Waals surface area (Å²) in [6, 6.07) is 12.9. The second-order valence-electron chi connectivity index (χ2n) is 5.79. The first-order valence-electron chi connectivity index (χ1n) is 8.42. The van der Waals surface area contributed by atoms with Gasteiger partial charge in [-0.15, -0.1) is 0 Å². The minimum Gasteiger partial charge on any atom is -0.494 e. The van der Waals surface area contributed by atoms with E-state index in [4.69, 9.17) is 9.47 Å². The Morgan fingerprint density at radius 2 is 1.77 bits per heavy atom. The summed E-state index contributed by atoms with van der Waals surface area (Å²) < 4.78 is 10.3. The molecule has 0 aliphatic carbocycles. The SMILES string of the molecule is CCOc1ccc(/C=C/C(=O)OCC(=O)Nc2ccc(C)c(C)c2)cc1. The van der Waals surface area contributed by atoms with Crippen LogP contribution in [0.15, 0.2) is 48.5 Å². The fourth-order valence-electron chi connectivity index (χ4n) is 2.21. The Balaban J connectivity index is 1.80. The van der Waals surface area contributed by atoms with Crippen LogP contribution < -0.4 is 10.1 Å². The molecule has 0 bridgehead atoms. The zero-order valence-electron chi connectivity index (χ0n) is 15.2. The van der Waals surface area contributed by atoms with Crippen LogP contribution in [0.2, 0.25) is 0 Å². The quantitative estimate of drug-likeness (QED) is 0.606. The van der Waals surface area contributed by atoms with E-state index in [0.29, 0.717) is 12.3 Å². The van der Waals surface area contributed by atoms with Crippen LogP contribution in [0, 0.1) is 13.8 Å². The molecule has 2 aromatic carbocycles. The Kier molecular flexibility index (Phi) is 6.97. The summed E-state index contributed by atoms with van der Waals surface area (Å²) in [6.07, 6.45) is 2.91. The van der Waals surface area contributed by atoms with Crippen molar-refractivity contribution in [3.8, 4) is 5.75 Å². The maximum atomic E-state index is 11.9. The van der Waals surface area contributed by atoms with Crippen molar-refractivity contribution in [3.05, 3.63) is 65.2 Å². The van der Waals surface area contributed by atoms with Crippen LogP contribution in [0.4, 0.5) is 5.69 Å². The van der Waals surface area contributed by atoms with Gasteiger partial charge in [0.1, 0.15) is 5.75 Å². The van der Waals surface area contributed by atoms with E-state index in [1.807, 2.05) is 63.2 Å². The average Bonchev–Trinajstić information content (AvgIpc) is 2.63. The molecule has 26 heavy (non-hydrogen) atoms. The van der Waals surface area contributed by atoms with Gasteiger partial charge >= 0.3 is 5.97 Å². The molecule has 0 saturated heterocycles. The lowest BCUT2D eigenvalue weighted by Crippen LogP contribution is -2.20. The van der Waals surface area contributed by atoms with Gasteiger partial charge in [-0.05, 0) is 67.8 Å². The molecule has 2 aromatic rings. The summed E-state index contributed by atoms with van der Waals surface area (Å²) in [5.41, 5.74) is 3.75. The highest BCUT2D eigenvalue weighted by Gasteiger charge is 2.06. The van der Waals surface area contributed by atoms with Crippen molar-refractivity contribution in [2.75, 3.05) is 18.5 Å². The third-order valence-corrected chi connectivity index (χ3v) is 3.74. The van der Waals surface area contributed by atoms with Gasteiger partial charge in [0.25, 0.3) is 5.91 Å². The number of hydrogen-bond donors (Lipinski definition) is 1. The maximum absolute atomic E-state index is 11.9. The molecule has 1 amide bonds. The Morgan fingerprint density at radius 3 is 2.42 bits per heavy atom. The molecule has 0 aliphatic rings. The van der Waals surface area contributed by atoms with Crippen LogP contribution in [-0.2, 0) is 14.3 Å². The van der Waals surface area contributed by atoms with Crippen molar-refractivity contribution in [1.82, 2.24) is 0 Å². The summed E-state index contributed by atoms with van der Waals surface area (Å²) >= 11 is 0. The molecular formula is C21H23NO4. The van der Waals surface area contributed by atoms with E-state index in [1.54, 1.807) is 6.08 Å². The number of anilines is 1. The summed E-state index contributed by atoms with van der Waals surface area (Å²) in [4.78, 5) is 23.6. The van der Waals surface area contributed by atoms with Gasteiger partial charge in [0.2, 0.25) is 0 Å². The van der Waals surface area contributed by atoms with Gasteiger partial charge in [-0.3, -0.25) is 4.79 Å². The first-order chi connectivity index (χ1) is 12.5. The average molecular weight is 353 g/mol. The van der Waals surface area contributed by atoms with E-state index in [1.165, 1.54) is 6.08 Å². The van der Waals surface area contributed by atoms with Gasteiger partial charge in [0.15, 0.2) is 6.61 Å². The first-order valence-corrected chi connectivity index (χ1v) is 8.42. The van der Waals surface area contributed by atoms with Gasteiger partial charge in [0, 0.05) is 11.8 Å². The Hall–Kier alpha value is -3.08. The largest absolute Gasteiger partial charge is 0.494 e. The summed E-state index contributed by atoms with van der Waals surface area (Å²) in [6.45, 7) is 6.15. The van der Waals surface area contributed by atoms with Crippen molar-refractivity contribution >= 4 is 23.6 Å². The van der Waals surface area contributed by atoms with Crippen LogP contribution in [-0.4, -0.2) is 25.1 Å². The smallest absolute Gasteiger partial charge is 0.331 e. The predicted octanol–water partition coefficient (Wildman–Crippen LogP) is 3.90. The molecule has 0 spiro atoms. The molecule has 2 rings (SSSR count). The fraction of sp³-hybridized carbons (Fsp3) is 0.238. The molecule has 0 radical (unpaired) electrons. The summed E-state index contributed by atoms with van der Waals surface area (Å²) in [7, 11) is 0. The number of benzene rings is 2. The molecule has 0 unspecified atom stereocenters. The van der Waals surface area contributed by atoms with Gasteiger partial charge in [0.05, 0.1) is 6.61 Å².